The van der Waals surface area contributed by atoms with Crippen LogP contribution in [-0.2, 0) is 6.42 Å². The summed E-state index contributed by atoms with van der Waals surface area (Å²) < 4.78 is 5.86. The van der Waals surface area contributed by atoms with Gasteiger partial charge in [-0.3, -0.25) is 0 Å². The third-order valence-electron chi connectivity index (χ3n) is 2.99. The van der Waals surface area contributed by atoms with E-state index in [1.54, 1.807) is 0 Å². The Morgan fingerprint density at radius 2 is 1.78 bits per heavy atom. The van der Waals surface area contributed by atoms with Crippen LogP contribution >= 0.6 is 0 Å². The van der Waals surface area contributed by atoms with E-state index < -0.39 is 0 Å². The Bertz CT molecular complexity index is 329. The molecular weight excluding hydrogens is 222 g/mol. The number of hydrogen-bond donors (Lipinski definition) is 1. The van der Waals surface area contributed by atoms with E-state index in [1.807, 2.05) is 0 Å². The highest BCUT2D eigenvalue weighted by atomic mass is 16.5. The van der Waals surface area contributed by atoms with E-state index >= 15 is 0 Å². The minimum atomic E-state index is 0.165. The minimum Gasteiger partial charge on any atom is -0.493 e. The second-order valence-corrected chi connectivity index (χ2v) is 5.63. The highest BCUT2D eigenvalue weighted by Crippen LogP contribution is 2.18. The van der Waals surface area contributed by atoms with Gasteiger partial charge in [-0.2, -0.15) is 0 Å². The van der Waals surface area contributed by atoms with Gasteiger partial charge in [-0.15, -0.1) is 0 Å². The third kappa shape index (κ3) is 5.54. The Morgan fingerprint density at radius 1 is 1.11 bits per heavy atom. The van der Waals surface area contributed by atoms with Gasteiger partial charge in [0.1, 0.15) is 5.75 Å². The number of rotatable bonds is 8. The Kier molecular flexibility index (Phi) is 6.20. The number of aryl methyl sites for hydroxylation is 1. The molecule has 0 radical (unpaired) electrons. The van der Waals surface area contributed by atoms with Crippen LogP contribution in [0.25, 0.3) is 0 Å². The maximum atomic E-state index is 5.86. The Labute approximate surface area is 112 Å². The Morgan fingerprint density at radius 3 is 2.33 bits per heavy atom. The molecule has 0 unspecified atom stereocenters. The smallest absolute Gasteiger partial charge is 0.119 e. The van der Waals surface area contributed by atoms with Crippen LogP contribution in [0.4, 0.5) is 0 Å². The summed E-state index contributed by atoms with van der Waals surface area (Å²) in [5.74, 6) is 0.968. The molecule has 1 rings (SSSR count). The lowest BCUT2D eigenvalue weighted by Crippen LogP contribution is -2.34. The van der Waals surface area contributed by atoms with E-state index in [1.165, 1.54) is 12.0 Å². The maximum Gasteiger partial charge on any atom is 0.119 e. The largest absolute Gasteiger partial charge is 0.493 e. The van der Waals surface area contributed by atoms with Crippen LogP contribution in [0.5, 0.6) is 5.75 Å². The van der Waals surface area contributed by atoms with Crippen molar-refractivity contribution in [3.05, 3.63) is 29.8 Å². The first kappa shape index (κ1) is 15.0. The van der Waals surface area contributed by atoms with Gasteiger partial charge in [0.15, 0.2) is 0 Å². The summed E-state index contributed by atoms with van der Waals surface area (Å²) in [4.78, 5) is 0. The van der Waals surface area contributed by atoms with Crippen molar-refractivity contribution in [2.75, 3.05) is 19.7 Å². The summed E-state index contributed by atoms with van der Waals surface area (Å²) >= 11 is 0. The molecule has 0 heterocycles. The first-order chi connectivity index (χ1) is 8.57. The molecule has 0 atom stereocenters. The van der Waals surface area contributed by atoms with Crippen LogP contribution in [0.1, 0.15) is 39.7 Å². The summed E-state index contributed by atoms with van der Waals surface area (Å²) in [5, 5.41) is 3.45. The summed E-state index contributed by atoms with van der Waals surface area (Å²) in [7, 11) is 0. The highest BCUT2D eigenvalue weighted by molar-refractivity contribution is 5.27. The SMILES string of the molecule is CCCNCC(C)(C)COc1ccc(CC)cc1. The maximum absolute atomic E-state index is 5.86. The van der Waals surface area contributed by atoms with Gasteiger partial charge in [-0.1, -0.05) is 39.8 Å². The molecule has 0 bridgehead atoms. The van der Waals surface area contributed by atoms with Crippen LogP contribution in [-0.4, -0.2) is 19.7 Å². The molecule has 0 saturated heterocycles. The topological polar surface area (TPSA) is 21.3 Å². The molecule has 2 heteroatoms. The van der Waals surface area contributed by atoms with Gasteiger partial charge in [-0.05, 0) is 37.1 Å². The average Bonchev–Trinajstić information content (AvgIpc) is 2.37. The fourth-order valence-corrected chi connectivity index (χ4v) is 1.75. The molecule has 1 aromatic rings. The van der Waals surface area contributed by atoms with Crippen molar-refractivity contribution in [2.24, 2.45) is 5.41 Å². The molecule has 102 valence electrons. The Hall–Kier alpha value is -1.02. The molecule has 0 amide bonds. The second-order valence-electron chi connectivity index (χ2n) is 5.63. The first-order valence-corrected chi connectivity index (χ1v) is 7.00. The Balaban J connectivity index is 2.37. The highest BCUT2D eigenvalue weighted by Gasteiger charge is 2.18. The van der Waals surface area contributed by atoms with Crippen LogP contribution in [0.3, 0.4) is 0 Å². The molecule has 1 aromatic carbocycles. The van der Waals surface area contributed by atoms with Crippen molar-refractivity contribution in [1.82, 2.24) is 5.32 Å². The molecule has 18 heavy (non-hydrogen) atoms. The van der Waals surface area contributed by atoms with Crippen molar-refractivity contribution in [2.45, 2.75) is 40.5 Å². The zero-order valence-electron chi connectivity index (χ0n) is 12.3. The fourth-order valence-electron chi connectivity index (χ4n) is 1.75. The van der Waals surface area contributed by atoms with E-state index in [2.05, 4.69) is 57.3 Å². The molecule has 2 nitrogen and oxygen atoms in total. The monoisotopic (exact) mass is 249 g/mol. The fraction of sp³-hybridized carbons (Fsp3) is 0.625. The molecule has 0 saturated carbocycles. The predicted octanol–water partition coefficient (Wildman–Crippen LogP) is 3.65. The summed E-state index contributed by atoms with van der Waals surface area (Å²) in [6.07, 6.45) is 2.25. The van der Waals surface area contributed by atoms with Crippen LogP contribution in [0.15, 0.2) is 24.3 Å². The molecule has 0 aliphatic rings. The van der Waals surface area contributed by atoms with Crippen LogP contribution in [0, 0.1) is 5.41 Å². The lowest BCUT2D eigenvalue weighted by atomic mass is 9.95. The summed E-state index contributed by atoms with van der Waals surface area (Å²) in [6.45, 7) is 11.6. The number of ether oxygens (including phenoxy) is 1. The van der Waals surface area contributed by atoms with E-state index in [4.69, 9.17) is 4.74 Å². The van der Waals surface area contributed by atoms with Crippen LogP contribution < -0.4 is 10.1 Å². The molecule has 0 aliphatic heterocycles. The van der Waals surface area contributed by atoms with Crippen molar-refractivity contribution < 1.29 is 4.74 Å². The lowest BCUT2D eigenvalue weighted by molar-refractivity contribution is 0.176. The molecular formula is C16H27NO. The van der Waals surface area contributed by atoms with Crippen LogP contribution in [0.2, 0.25) is 0 Å². The van der Waals surface area contributed by atoms with Crippen molar-refractivity contribution in [3.8, 4) is 5.75 Å². The van der Waals surface area contributed by atoms with Gasteiger partial charge in [0.25, 0.3) is 0 Å². The van der Waals surface area contributed by atoms with Gasteiger partial charge in [-0.25, -0.2) is 0 Å². The quantitative estimate of drug-likeness (QED) is 0.710. The predicted molar refractivity (Wildman–Crippen MR) is 78.3 cm³/mol. The van der Waals surface area contributed by atoms with E-state index in [9.17, 15) is 0 Å². The van der Waals surface area contributed by atoms with E-state index in [0.717, 1.165) is 31.9 Å². The average molecular weight is 249 g/mol. The van der Waals surface area contributed by atoms with Crippen molar-refractivity contribution in [3.63, 3.8) is 0 Å². The normalized spacial score (nSPS) is 11.6. The lowest BCUT2D eigenvalue weighted by Gasteiger charge is -2.25. The molecule has 0 fully saturated rings. The van der Waals surface area contributed by atoms with Gasteiger partial charge >= 0.3 is 0 Å². The molecule has 1 N–H and O–H groups in total. The summed E-state index contributed by atoms with van der Waals surface area (Å²) in [6, 6.07) is 8.40. The molecule has 0 spiro atoms. The summed E-state index contributed by atoms with van der Waals surface area (Å²) in [5.41, 5.74) is 1.52. The van der Waals surface area contributed by atoms with Gasteiger partial charge in [0.2, 0.25) is 0 Å². The standard InChI is InChI=1S/C16H27NO/c1-5-11-17-12-16(3,4)13-18-15-9-7-14(6-2)8-10-15/h7-10,17H,5-6,11-13H2,1-4H3. The zero-order chi connectivity index (χ0) is 13.4. The molecule has 0 aliphatic carbocycles. The minimum absolute atomic E-state index is 0.165. The van der Waals surface area contributed by atoms with Gasteiger partial charge in [0.05, 0.1) is 6.61 Å². The van der Waals surface area contributed by atoms with E-state index in [0.29, 0.717) is 0 Å². The van der Waals surface area contributed by atoms with E-state index in [-0.39, 0.29) is 5.41 Å². The second kappa shape index (κ2) is 7.42. The number of hydrogen-bond acceptors (Lipinski definition) is 2. The number of nitrogens with one attached hydrogen (secondary N) is 1. The van der Waals surface area contributed by atoms with Gasteiger partial charge in [0, 0.05) is 12.0 Å². The third-order valence-corrected chi connectivity index (χ3v) is 2.99. The van der Waals surface area contributed by atoms with Crippen molar-refractivity contribution in [1.29, 1.82) is 0 Å². The number of benzene rings is 1. The first-order valence-electron chi connectivity index (χ1n) is 7.00. The van der Waals surface area contributed by atoms with Crippen molar-refractivity contribution >= 4 is 0 Å². The molecule has 0 aromatic heterocycles. The zero-order valence-corrected chi connectivity index (χ0v) is 12.3. The van der Waals surface area contributed by atoms with Gasteiger partial charge < -0.3 is 10.1 Å².